The number of hydrogen-bond donors (Lipinski definition) is 3. The zero-order chi connectivity index (χ0) is 15.3. The van der Waals surface area contributed by atoms with E-state index in [0.29, 0.717) is 5.39 Å². The molecule has 5 nitrogen and oxygen atoms in total. The zero-order valence-electron chi connectivity index (χ0n) is 10.7. The van der Waals surface area contributed by atoms with Gasteiger partial charge in [-0.25, -0.2) is 8.78 Å². The highest BCUT2D eigenvalue weighted by molar-refractivity contribution is 6.31. The van der Waals surface area contributed by atoms with Gasteiger partial charge in [0.15, 0.2) is 11.6 Å². The molecule has 112 valence electrons. The molecule has 0 radical (unpaired) electrons. The molecule has 2 atom stereocenters. The molecule has 3 rings (SSSR count). The second-order valence-corrected chi connectivity index (χ2v) is 5.48. The van der Waals surface area contributed by atoms with Gasteiger partial charge in [0.1, 0.15) is 5.69 Å². The standard InChI is InChI=1S/C13H12ClF2N3O2/c14-6-1-5-2-8(18-12(5)11(16)10(6)15)13(21)19-3-7(17)9(20)4-19/h1-2,7,9,18,20H,3-4,17H2/t7-,9+/m0/s1. The minimum absolute atomic E-state index is 0.0897. The maximum Gasteiger partial charge on any atom is 0.270 e. The fourth-order valence-electron chi connectivity index (χ4n) is 2.44. The van der Waals surface area contributed by atoms with Crippen LogP contribution < -0.4 is 5.73 Å². The molecule has 2 heterocycles. The molecular formula is C13H12ClF2N3O2. The predicted octanol–water partition coefficient (Wildman–Crippen LogP) is 1.24. The summed E-state index contributed by atoms with van der Waals surface area (Å²) < 4.78 is 27.2. The molecule has 0 spiro atoms. The van der Waals surface area contributed by atoms with E-state index in [1.165, 1.54) is 17.0 Å². The Morgan fingerprint density at radius 2 is 2.10 bits per heavy atom. The molecule has 21 heavy (non-hydrogen) atoms. The third kappa shape index (κ3) is 2.27. The number of likely N-dealkylation sites (tertiary alicyclic amines) is 1. The first-order valence-corrected chi connectivity index (χ1v) is 6.65. The van der Waals surface area contributed by atoms with Crippen molar-refractivity contribution in [2.75, 3.05) is 13.1 Å². The summed E-state index contributed by atoms with van der Waals surface area (Å²) in [6, 6.07) is 2.12. The molecule has 0 aliphatic carbocycles. The summed E-state index contributed by atoms with van der Waals surface area (Å²) in [5, 5.41) is 9.51. The first kappa shape index (κ1) is 14.2. The number of rotatable bonds is 1. The molecular weight excluding hydrogens is 304 g/mol. The van der Waals surface area contributed by atoms with Crippen LogP contribution in [0.2, 0.25) is 5.02 Å². The lowest BCUT2D eigenvalue weighted by Crippen LogP contribution is -2.33. The Labute approximate surface area is 123 Å². The van der Waals surface area contributed by atoms with Crippen LogP contribution in [0.3, 0.4) is 0 Å². The number of halogens is 3. The van der Waals surface area contributed by atoms with Crippen molar-refractivity contribution < 1.29 is 18.7 Å². The van der Waals surface area contributed by atoms with Gasteiger partial charge in [0.2, 0.25) is 0 Å². The van der Waals surface area contributed by atoms with Gasteiger partial charge < -0.3 is 20.7 Å². The average Bonchev–Trinajstić information content (AvgIpc) is 3.00. The van der Waals surface area contributed by atoms with E-state index in [0.717, 1.165) is 0 Å². The van der Waals surface area contributed by atoms with Gasteiger partial charge in [0.25, 0.3) is 5.91 Å². The molecule has 1 amide bonds. The molecule has 2 aromatic rings. The quantitative estimate of drug-likeness (QED) is 0.693. The normalized spacial score (nSPS) is 22.2. The smallest absolute Gasteiger partial charge is 0.270 e. The van der Waals surface area contributed by atoms with Crippen molar-refractivity contribution in [2.24, 2.45) is 5.73 Å². The summed E-state index contributed by atoms with van der Waals surface area (Å²) in [6.07, 6.45) is -0.790. The summed E-state index contributed by atoms with van der Waals surface area (Å²) in [5.74, 6) is -2.73. The molecule has 0 saturated carbocycles. The van der Waals surface area contributed by atoms with Crippen LogP contribution in [0.5, 0.6) is 0 Å². The molecule has 1 aliphatic heterocycles. The second-order valence-electron chi connectivity index (χ2n) is 5.07. The predicted molar refractivity (Wildman–Crippen MR) is 73.1 cm³/mol. The van der Waals surface area contributed by atoms with Crippen molar-refractivity contribution in [3.8, 4) is 0 Å². The summed E-state index contributed by atoms with van der Waals surface area (Å²) in [7, 11) is 0. The summed E-state index contributed by atoms with van der Waals surface area (Å²) >= 11 is 5.57. The highest BCUT2D eigenvalue weighted by Gasteiger charge is 2.32. The van der Waals surface area contributed by atoms with Crippen molar-refractivity contribution in [3.05, 3.63) is 34.5 Å². The van der Waals surface area contributed by atoms with Crippen molar-refractivity contribution in [2.45, 2.75) is 12.1 Å². The Morgan fingerprint density at radius 3 is 2.71 bits per heavy atom. The molecule has 0 unspecified atom stereocenters. The average molecular weight is 316 g/mol. The highest BCUT2D eigenvalue weighted by Crippen LogP contribution is 2.27. The van der Waals surface area contributed by atoms with Crippen LogP contribution in [0.1, 0.15) is 10.5 Å². The number of aliphatic hydroxyl groups is 1. The van der Waals surface area contributed by atoms with E-state index in [4.69, 9.17) is 17.3 Å². The lowest BCUT2D eigenvalue weighted by atomic mass is 10.2. The maximum atomic E-state index is 13.8. The summed E-state index contributed by atoms with van der Waals surface area (Å²) in [4.78, 5) is 16.2. The summed E-state index contributed by atoms with van der Waals surface area (Å²) in [5.41, 5.74) is 5.61. The number of nitrogens with zero attached hydrogens (tertiary/aromatic N) is 1. The van der Waals surface area contributed by atoms with E-state index in [1.807, 2.05) is 0 Å². The second kappa shape index (κ2) is 4.94. The van der Waals surface area contributed by atoms with E-state index in [9.17, 15) is 18.7 Å². The topological polar surface area (TPSA) is 82.3 Å². The van der Waals surface area contributed by atoms with Gasteiger partial charge >= 0.3 is 0 Å². The van der Waals surface area contributed by atoms with Gasteiger partial charge in [0.05, 0.1) is 16.6 Å². The largest absolute Gasteiger partial charge is 0.390 e. The van der Waals surface area contributed by atoms with Gasteiger partial charge in [-0.2, -0.15) is 0 Å². The Kier molecular flexibility index (Phi) is 3.35. The fraction of sp³-hybridized carbons (Fsp3) is 0.308. The van der Waals surface area contributed by atoms with Crippen molar-refractivity contribution in [3.63, 3.8) is 0 Å². The van der Waals surface area contributed by atoms with E-state index in [2.05, 4.69) is 4.98 Å². The molecule has 1 fully saturated rings. The first-order chi connectivity index (χ1) is 9.88. The summed E-state index contributed by atoms with van der Waals surface area (Å²) in [6.45, 7) is 0.305. The number of aromatic amines is 1. The van der Waals surface area contributed by atoms with E-state index < -0.39 is 29.7 Å². The molecule has 4 N–H and O–H groups in total. The van der Waals surface area contributed by atoms with Crippen LogP contribution in [0.15, 0.2) is 12.1 Å². The Morgan fingerprint density at radius 1 is 1.38 bits per heavy atom. The van der Waals surface area contributed by atoms with Gasteiger partial charge in [-0.15, -0.1) is 0 Å². The van der Waals surface area contributed by atoms with Gasteiger partial charge in [0, 0.05) is 24.5 Å². The number of carbonyl (C=O) groups is 1. The minimum atomic E-state index is -1.16. The SMILES string of the molecule is N[C@H]1CN(C(=O)c2cc3cc(Cl)c(F)c(F)c3[nH]2)C[C@H]1O. The van der Waals surface area contributed by atoms with Gasteiger partial charge in [-0.3, -0.25) is 4.79 Å². The lowest BCUT2D eigenvalue weighted by molar-refractivity contribution is 0.0760. The first-order valence-electron chi connectivity index (χ1n) is 6.27. The number of nitrogens with one attached hydrogen (secondary N) is 1. The van der Waals surface area contributed by atoms with Crippen LogP contribution in [-0.2, 0) is 0 Å². The number of aromatic nitrogens is 1. The number of fused-ring (bicyclic) bond motifs is 1. The number of carbonyl (C=O) groups excluding carboxylic acids is 1. The number of benzene rings is 1. The number of hydrogen-bond acceptors (Lipinski definition) is 3. The zero-order valence-corrected chi connectivity index (χ0v) is 11.5. The molecule has 1 aromatic heterocycles. The number of amides is 1. The molecule has 8 heteroatoms. The van der Waals surface area contributed by atoms with Crippen LogP contribution >= 0.6 is 11.6 Å². The van der Waals surface area contributed by atoms with Gasteiger partial charge in [-0.1, -0.05) is 11.6 Å². The Hall–Kier alpha value is -1.70. The molecule has 1 aliphatic rings. The van der Waals surface area contributed by atoms with Crippen molar-refractivity contribution in [1.82, 2.24) is 9.88 Å². The number of β-amino-alcohol motifs (C(OH)–C–C–N with tert-alkyl or cyclic N) is 1. The lowest BCUT2D eigenvalue weighted by Gasteiger charge is -2.13. The monoisotopic (exact) mass is 315 g/mol. The Bertz CT molecular complexity index is 724. The fourth-order valence-corrected chi connectivity index (χ4v) is 2.64. The highest BCUT2D eigenvalue weighted by atomic mass is 35.5. The molecule has 1 aromatic carbocycles. The van der Waals surface area contributed by atoms with Gasteiger partial charge in [-0.05, 0) is 12.1 Å². The number of aliphatic hydroxyl groups excluding tert-OH is 1. The molecule has 0 bridgehead atoms. The van der Waals surface area contributed by atoms with Crippen molar-refractivity contribution >= 4 is 28.4 Å². The number of H-pyrrole nitrogens is 1. The third-order valence-corrected chi connectivity index (χ3v) is 3.88. The third-order valence-electron chi connectivity index (χ3n) is 3.60. The maximum absolute atomic E-state index is 13.8. The van der Waals surface area contributed by atoms with Crippen LogP contribution in [0.4, 0.5) is 8.78 Å². The minimum Gasteiger partial charge on any atom is -0.390 e. The van der Waals surface area contributed by atoms with Crippen LogP contribution in [0, 0.1) is 11.6 Å². The van der Waals surface area contributed by atoms with Crippen molar-refractivity contribution in [1.29, 1.82) is 0 Å². The number of nitrogens with two attached hydrogens (primary N) is 1. The van der Waals surface area contributed by atoms with E-state index >= 15 is 0 Å². The van der Waals surface area contributed by atoms with E-state index in [1.54, 1.807) is 0 Å². The Balaban J connectivity index is 1.98. The van der Waals surface area contributed by atoms with Crippen LogP contribution in [-0.4, -0.2) is 46.1 Å². The molecule has 1 saturated heterocycles. The van der Waals surface area contributed by atoms with E-state index in [-0.39, 0.29) is 29.3 Å². The van der Waals surface area contributed by atoms with Crippen LogP contribution in [0.25, 0.3) is 10.9 Å².